The smallest absolute Gasteiger partial charge is 0.273 e. The second-order valence-electron chi connectivity index (χ2n) is 6.25. The van der Waals surface area contributed by atoms with Crippen LogP contribution in [0.3, 0.4) is 0 Å². The number of hydrogen-bond donors (Lipinski definition) is 2. The molecule has 1 atom stereocenters. The Kier molecular flexibility index (Phi) is 4.92. The topological polar surface area (TPSA) is 80.0 Å². The van der Waals surface area contributed by atoms with Crippen LogP contribution in [0.2, 0.25) is 0 Å². The highest BCUT2D eigenvalue weighted by atomic mass is 16.3. The Bertz CT molecular complexity index is 620. The zero-order valence-corrected chi connectivity index (χ0v) is 13.2. The summed E-state index contributed by atoms with van der Waals surface area (Å²) in [4.78, 5) is 13.6. The molecule has 2 N–H and O–H groups in total. The fourth-order valence-corrected chi connectivity index (χ4v) is 2.33. The average Bonchev–Trinajstić information content (AvgIpc) is 2.94. The molecule has 0 fully saturated rings. The molecule has 1 unspecified atom stereocenters. The quantitative estimate of drug-likeness (QED) is 0.852. The molecule has 1 aromatic carbocycles. The zero-order valence-electron chi connectivity index (χ0n) is 13.2. The van der Waals surface area contributed by atoms with E-state index in [1.807, 2.05) is 44.2 Å². The molecule has 0 spiro atoms. The fraction of sp³-hybridized carbons (Fsp3) is 0.438. The summed E-state index contributed by atoms with van der Waals surface area (Å²) in [5, 5.41) is 20.6. The van der Waals surface area contributed by atoms with Gasteiger partial charge in [-0.3, -0.25) is 4.79 Å². The first-order chi connectivity index (χ1) is 10.4. The maximum absolute atomic E-state index is 12.1. The first-order valence-corrected chi connectivity index (χ1v) is 7.31. The lowest BCUT2D eigenvalue weighted by molar-refractivity contribution is 0.0897. The van der Waals surface area contributed by atoms with E-state index in [2.05, 4.69) is 15.5 Å². The molecule has 1 amide bonds. The second-order valence-corrected chi connectivity index (χ2v) is 6.25. The third-order valence-corrected chi connectivity index (χ3v) is 3.29. The van der Waals surface area contributed by atoms with E-state index >= 15 is 0 Å². The molecule has 0 aliphatic rings. The highest BCUT2D eigenvalue weighted by Gasteiger charge is 2.22. The number of aliphatic hydroxyl groups excluding tert-OH is 1. The lowest BCUT2D eigenvalue weighted by Gasteiger charge is -2.26. The van der Waals surface area contributed by atoms with Crippen molar-refractivity contribution in [3.8, 4) is 5.69 Å². The SMILES string of the molecule is CC(O)CC(C)(C)CNC(=O)c1cnn(-c2ccccc2)n1. The van der Waals surface area contributed by atoms with Crippen LogP contribution in [0.15, 0.2) is 36.5 Å². The normalized spacial score (nSPS) is 12.9. The van der Waals surface area contributed by atoms with Gasteiger partial charge in [0.15, 0.2) is 5.69 Å². The van der Waals surface area contributed by atoms with E-state index in [0.717, 1.165) is 5.69 Å². The van der Waals surface area contributed by atoms with E-state index in [-0.39, 0.29) is 17.0 Å². The number of carbonyl (C=O) groups is 1. The van der Waals surface area contributed by atoms with E-state index < -0.39 is 6.10 Å². The Balaban J connectivity index is 1.98. The van der Waals surface area contributed by atoms with Crippen LogP contribution in [0.25, 0.3) is 5.69 Å². The van der Waals surface area contributed by atoms with Crippen molar-refractivity contribution in [1.82, 2.24) is 20.3 Å². The standard InChI is InChI=1S/C16H22N4O2/c1-12(21)9-16(2,3)11-17-15(22)14-10-18-20(19-14)13-7-5-4-6-8-13/h4-8,10,12,21H,9,11H2,1-3H3,(H,17,22). The zero-order chi connectivity index (χ0) is 16.2. The molecule has 2 aromatic rings. The molecule has 0 saturated heterocycles. The number of hydrogen-bond acceptors (Lipinski definition) is 4. The van der Waals surface area contributed by atoms with Crippen LogP contribution < -0.4 is 5.32 Å². The van der Waals surface area contributed by atoms with Gasteiger partial charge in [0.25, 0.3) is 5.91 Å². The molecule has 0 radical (unpaired) electrons. The van der Waals surface area contributed by atoms with Gasteiger partial charge in [-0.05, 0) is 30.9 Å². The maximum Gasteiger partial charge on any atom is 0.273 e. The van der Waals surface area contributed by atoms with Crippen molar-refractivity contribution in [2.45, 2.75) is 33.3 Å². The number of nitrogens with one attached hydrogen (secondary N) is 1. The van der Waals surface area contributed by atoms with Crippen molar-refractivity contribution >= 4 is 5.91 Å². The van der Waals surface area contributed by atoms with Crippen molar-refractivity contribution in [1.29, 1.82) is 0 Å². The number of benzene rings is 1. The molecular formula is C16H22N4O2. The number of para-hydroxylation sites is 1. The van der Waals surface area contributed by atoms with E-state index in [1.165, 1.54) is 11.0 Å². The van der Waals surface area contributed by atoms with E-state index in [0.29, 0.717) is 13.0 Å². The number of aromatic nitrogens is 3. The summed E-state index contributed by atoms with van der Waals surface area (Å²) >= 11 is 0. The minimum Gasteiger partial charge on any atom is -0.393 e. The predicted molar refractivity (Wildman–Crippen MR) is 83.8 cm³/mol. The van der Waals surface area contributed by atoms with Crippen LogP contribution in [-0.2, 0) is 0 Å². The number of amides is 1. The Morgan fingerprint density at radius 1 is 1.36 bits per heavy atom. The lowest BCUT2D eigenvalue weighted by Crippen LogP contribution is -2.35. The Morgan fingerprint density at radius 2 is 2.05 bits per heavy atom. The largest absolute Gasteiger partial charge is 0.393 e. The highest BCUT2D eigenvalue weighted by Crippen LogP contribution is 2.21. The van der Waals surface area contributed by atoms with E-state index in [4.69, 9.17) is 0 Å². The summed E-state index contributed by atoms with van der Waals surface area (Å²) in [5.74, 6) is -0.263. The number of carbonyl (C=O) groups excluding carboxylic acids is 1. The Morgan fingerprint density at radius 3 is 2.68 bits per heavy atom. The Hall–Kier alpha value is -2.21. The molecular weight excluding hydrogens is 280 g/mol. The summed E-state index contributed by atoms with van der Waals surface area (Å²) in [6.45, 7) is 6.21. The van der Waals surface area contributed by atoms with Crippen molar-refractivity contribution in [2.75, 3.05) is 6.54 Å². The van der Waals surface area contributed by atoms with Gasteiger partial charge in [-0.25, -0.2) is 0 Å². The first kappa shape index (κ1) is 16.2. The summed E-state index contributed by atoms with van der Waals surface area (Å²) in [6, 6.07) is 9.42. The van der Waals surface area contributed by atoms with Gasteiger partial charge < -0.3 is 10.4 Å². The maximum atomic E-state index is 12.1. The molecule has 22 heavy (non-hydrogen) atoms. The molecule has 2 rings (SSSR count). The third kappa shape index (κ3) is 4.39. The van der Waals surface area contributed by atoms with Crippen LogP contribution >= 0.6 is 0 Å². The molecule has 1 aromatic heterocycles. The number of nitrogens with zero attached hydrogens (tertiary/aromatic N) is 3. The molecule has 0 aliphatic heterocycles. The van der Waals surface area contributed by atoms with Gasteiger partial charge >= 0.3 is 0 Å². The second kappa shape index (κ2) is 6.70. The van der Waals surface area contributed by atoms with Gasteiger partial charge in [0.1, 0.15) is 0 Å². The first-order valence-electron chi connectivity index (χ1n) is 7.31. The average molecular weight is 302 g/mol. The third-order valence-electron chi connectivity index (χ3n) is 3.29. The van der Waals surface area contributed by atoms with E-state index in [1.54, 1.807) is 6.92 Å². The predicted octanol–water partition coefficient (Wildman–Crippen LogP) is 1.79. The van der Waals surface area contributed by atoms with E-state index in [9.17, 15) is 9.90 Å². The van der Waals surface area contributed by atoms with Gasteiger partial charge in [-0.2, -0.15) is 9.90 Å². The van der Waals surface area contributed by atoms with Crippen molar-refractivity contribution < 1.29 is 9.90 Å². The van der Waals surface area contributed by atoms with Gasteiger partial charge in [0.2, 0.25) is 0 Å². The van der Waals surface area contributed by atoms with Crippen LogP contribution in [0, 0.1) is 5.41 Å². The van der Waals surface area contributed by atoms with Crippen LogP contribution in [0.1, 0.15) is 37.7 Å². The minimum absolute atomic E-state index is 0.181. The summed E-state index contributed by atoms with van der Waals surface area (Å²) in [5.41, 5.74) is 0.895. The van der Waals surface area contributed by atoms with Crippen LogP contribution in [0.4, 0.5) is 0 Å². The monoisotopic (exact) mass is 302 g/mol. The molecule has 0 bridgehead atoms. The van der Waals surface area contributed by atoms with Crippen molar-refractivity contribution in [2.24, 2.45) is 5.41 Å². The van der Waals surface area contributed by atoms with Crippen molar-refractivity contribution in [3.63, 3.8) is 0 Å². The summed E-state index contributed by atoms with van der Waals surface area (Å²) < 4.78 is 0. The molecule has 118 valence electrons. The van der Waals surface area contributed by atoms with Crippen LogP contribution in [0.5, 0.6) is 0 Å². The summed E-state index contributed by atoms with van der Waals surface area (Å²) in [7, 11) is 0. The Labute approximate surface area is 130 Å². The van der Waals surface area contributed by atoms with Crippen LogP contribution in [-0.4, -0.2) is 38.7 Å². The summed E-state index contributed by atoms with van der Waals surface area (Å²) in [6.07, 6.45) is 1.67. The lowest BCUT2D eigenvalue weighted by atomic mass is 9.87. The minimum atomic E-state index is -0.397. The molecule has 6 nitrogen and oxygen atoms in total. The van der Waals surface area contributed by atoms with Crippen molar-refractivity contribution in [3.05, 3.63) is 42.2 Å². The van der Waals surface area contributed by atoms with Gasteiger partial charge in [0.05, 0.1) is 18.0 Å². The van der Waals surface area contributed by atoms with Gasteiger partial charge in [0, 0.05) is 6.54 Å². The highest BCUT2D eigenvalue weighted by molar-refractivity contribution is 5.91. The molecule has 6 heteroatoms. The number of aliphatic hydroxyl groups is 1. The van der Waals surface area contributed by atoms with Gasteiger partial charge in [-0.1, -0.05) is 32.0 Å². The molecule has 0 aliphatic carbocycles. The van der Waals surface area contributed by atoms with Gasteiger partial charge in [-0.15, -0.1) is 5.10 Å². The molecule has 0 saturated carbocycles. The number of rotatable bonds is 6. The molecule has 1 heterocycles. The fourth-order valence-electron chi connectivity index (χ4n) is 2.33.